The molecular formula is C24H16ClF3N6O3. The van der Waals surface area contributed by atoms with Crippen molar-refractivity contribution in [2.75, 3.05) is 11.9 Å². The topological polar surface area (TPSA) is 137 Å². The normalized spacial score (nSPS) is 11.1. The van der Waals surface area contributed by atoms with E-state index in [0.717, 1.165) is 6.20 Å². The highest BCUT2D eigenvalue weighted by molar-refractivity contribution is 6.33. The maximum absolute atomic E-state index is 13.0. The predicted octanol–water partition coefficient (Wildman–Crippen LogP) is 4.58. The number of nitriles is 1. The Bertz CT molecular complexity index is 1560. The number of para-hydroxylation sites is 2. The van der Waals surface area contributed by atoms with Gasteiger partial charge in [0.2, 0.25) is 0 Å². The average molecular weight is 529 g/mol. The van der Waals surface area contributed by atoms with E-state index >= 15 is 0 Å². The maximum atomic E-state index is 13.0. The van der Waals surface area contributed by atoms with Crippen molar-refractivity contribution in [2.24, 2.45) is 0 Å². The lowest BCUT2D eigenvalue weighted by molar-refractivity contribution is -0.141. The van der Waals surface area contributed by atoms with Gasteiger partial charge >= 0.3 is 11.9 Å². The Hall–Kier alpha value is -4.63. The average Bonchev–Trinajstić information content (AvgIpc) is 3.29. The van der Waals surface area contributed by atoms with Crippen LogP contribution in [0.2, 0.25) is 5.02 Å². The van der Waals surface area contributed by atoms with Crippen molar-refractivity contribution in [1.82, 2.24) is 20.2 Å². The molecular weight excluding hydrogens is 513 g/mol. The number of amides is 1. The number of aromatic amines is 2. The largest absolute Gasteiger partial charge is 0.491 e. The van der Waals surface area contributed by atoms with Gasteiger partial charge in [-0.3, -0.25) is 14.8 Å². The van der Waals surface area contributed by atoms with E-state index in [0.29, 0.717) is 29.7 Å². The number of H-pyrrole nitrogens is 2. The van der Waals surface area contributed by atoms with Crippen LogP contribution in [0, 0.1) is 11.3 Å². The molecule has 3 N–H and O–H groups in total. The second-order valence-electron chi connectivity index (χ2n) is 7.59. The number of anilines is 1. The van der Waals surface area contributed by atoms with Crippen molar-refractivity contribution in [3.63, 3.8) is 0 Å². The van der Waals surface area contributed by atoms with Gasteiger partial charge in [-0.2, -0.15) is 23.5 Å². The number of pyridine rings is 1. The lowest BCUT2D eigenvalue weighted by atomic mass is 9.99. The highest BCUT2D eigenvalue weighted by Gasteiger charge is 2.33. The summed E-state index contributed by atoms with van der Waals surface area (Å²) in [6, 6.07) is 13.2. The first-order valence-corrected chi connectivity index (χ1v) is 11.0. The summed E-state index contributed by atoms with van der Waals surface area (Å²) in [6.07, 6.45) is -3.51. The van der Waals surface area contributed by atoms with Crippen LogP contribution >= 0.6 is 11.6 Å². The molecule has 2 heterocycles. The summed E-state index contributed by atoms with van der Waals surface area (Å²) in [4.78, 5) is 30.0. The monoisotopic (exact) mass is 528 g/mol. The van der Waals surface area contributed by atoms with E-state index in [1.165, 1.54) is 18.2 Å². The molecule has 0 aliphatic heterocycles. The Morgan fingerprint density at radius 1 is 1.16 bits per heavy atom. The van der Waals surface area contributed by atoms with E-state index in [4.69, 9.17) is 16.3 Å². The van der Waals surface area contributed by atoms with Crippen LogP contribution in [0.1, 0.15) is 27.4 Å². The highest BCUT2D eigenvalue weighted by Crippen LogP contribution is 2.35. The number of nitrogens with one attached hydrogen (secondary N) is 3. The van der Waals surface area contributed by atoms with Gasteiger partial charge in [-0.15, -0.1) is 0 Å². The van der Waals surface area contributed by atoms with Crippen molar-refractivity contribution in [3.8, 4) is 22.9 Å². The van der Waals surface area contributed by atoms with Gasteiger partial charge in [-0.25, -0.2) is 9.89 Å². The summed E-state index contributed by atoms with van der Waals surface area (Å²) in [7, 11) is 0. The molecule has 0 bridgehead atoms. The van der Waals surface area contributed by atoms with Gasteiger partial charge in [0.1, 0.15) is 17.3 Å². The van der Waals surface area contributed by atoms with Gasteiger partial charge in [-0.05, 0) is 36.4 Å². The van der Waals surface area contributed by atoms with Gasteiger partial charge in [-0.1, -0.05) is 23.7 Å². The number of rotatable bonds is 7. The number of benzene rings is 2. The molecule has 0 saturated heterocycles. The second kappa shape index (κ2) is 10.5. The second-order valence-corrected chi connectivity index (χ2v) is 8.00. The summed E-state index contributed by atoms with van der Waals surface area (Å²) in [5.74, 6) is 0.223. The Morgan fingerprint density at radius 3 is 2.65 bits per heavy atom. The number of nitrogens with zero attached hydrogens (tertiary/aromatic N) is 3. The zero-order valence-electron chi connectivity index (χ0n) is 18.7. The van der Waals surface area contributed by atoms with Crippen LogP contribution in [0.25, 0.3) is 11.1 Å². The number of carbonyl (C=O) groups is 1. The van der Waals surface area contributed by atoms with Gasteiger partial charge in [0.05, 0.1) is 23.9 Å². The van der Waals surface area contributed by atoms with Crippen LogP contribution in [-0.4, -0.2) is 32.7 Å². The molecule has 2 aromatic heterocycles. The molecule has 0 fully saturated rings. The number of aromatic nitrogens is 4. The van der Waals surface area contributed by atoms with Crippen LogP contribution in [0.5, 0.6) is 5.75 Å². The number of hydrogen-bond donors (Lipinski definition) is 3. The van der Waals surface area contributed by atoms with Crippen LogP contribution in [-0.2, 0) is 12.6 Å². The summed E-state index contributed by atoms with van der Waals surface area (Å²) in [5, 5.41) is 18.3. The Morgan fingerprint density at radius 2 is 1.95 bits per heavy atom. The minimum absolute atomic E-state index is 0.0512. The fourth-order valence-electron chi connectivity index (χ4n) is 3.36. The third-order valence-electron chi connectivity index (χ3n) is 5.12. The molecule has 4 rings (SSSR count). The van der Waals surface area contributed by atoms with Gasteiger partial charge < -0.3 is 10.1 Å². The first kappa shape index (κ1) is 25.5. The van der Waals surface area contributed by atoms with Crippen molar-refractivity contribution < 1.29 is 22.7 Å². The first-order chi connectivity index (χ1) is 17.7. The standard InChI is InChI=1S/C24H16ClF3N6O3/c25-17-6-5-13(9-15(17)16-12-30-20(24(26,27)28)10-14(16)11-29)22(35)31-18-3-1-2-4-19(18)37-8-7-21-32-23(36)34-33-21/h1-6,9-10,12H,7-8H2,(H,31,35)(H2,32,33,34,36). The number of halogens is 4. The third-order valence-corrected chi connectivity index (χ3v) is 5.45. The fraction of sp³-hybridized carbons (Fsp3) is 0.125. The summed E-state index contributed by atoms with van der Waals surface area (Å²) in [5.41, 5.74) is -1.23. The zero-order chi connectivity index (χ0) is 26.6. The molecule has 1 amide bonds. The Balaban J connectivity index is 1.55. The molecule has 2 aromatic carbocycles. The van der Waals surface area contributed by atoms with E-state index in [9.17, 15) is 28.0 Å². The summed E-state index contributed by atoms with van der Waals surface area (Å²) >= 11 is 6.25. The lowest BCUT2D eigenvalue weighted by Crippen LogP contribution is -2.14. The molecule has 188 valence electrons. The highest BCUT2D eigenvalue weighted by atomic mass is 35.5. The zero-order valence-corrected chi connectivity index (χ0v) is 19.4. The molecule has 13 heteroatoms. The molecule has 0 aliphatic rings. The number of hydrogen-bond acceptors (Lipinski definition) is 6. The predicted molar refractivity (Wildman–Crippen MR) is 127 cm³/mol. The van der Waals surface area contributed by atoms with Crippen molar-refractivity contribution >= 4 is 23.2 Å². The van der Waals surface area contributed by atoms with Gasteiger partial charge in [0.25, 0.3) is 5.91 Å². The minimum atomic E-state index is -4.72. The third kappa shape index (κ3) is 5.96. The molecule has 0 spiro atoms. The maximum Gasteiger partial charge on any atom is 0.433 e. The molecule has 0 radical (unpaired) electrons. The number of ether oxygens (including phenoxy) is 1. The van der Waals surface area contributed by atoms with E-state index in [-0.39, 0.29) is 33.9 Å². The SMILES string of the molecule is N#Cc1cc(C(F)(F)F)ncc1-c1cc(C(=O)Nc2ccccc2OCCc2n[nH]c(=O)[nH]2)ccc1Cl. The van der Waals surface area contributed by atoms with E-state index in [1.54, 1.807) is 30.3 Å². The lowest BCUT2D eigenvalue weighted by Gasteiger charge is -2.14. The summed E-state index contributed by atoms with van der Waals surface area (Å²) in [6.45, 7) is 0.163. The molecule has 0 atom stereocenters. The first-order valence-electron chi connectivity index (χ1n) is 10.6. The van der Waals surface area contributed by atoms with Crippen molar-refractivity contribution in [2.45, 2.75) is 12.6 Å². The molecule has 0 aliphatic carbocycles. The molecule has 0 saturated carbocycles. The van der Waals surface area contributed by atoms with Gasteiger partial charge in [0, 0.05) is 34.3 Å². The Kier molecular flexibility index (Phi) is 7.26. The minimum Gasteiger partial charge on any atom is -0.491 e. The molecule has 4 aromatic rings. The fourth-order valence-corrected chi connectivity index (χ4v) is 3.58. The molecule has 37 heavy (non-hydrogen) atoms. The van der Waals surface area contributed by atoms with E-state index in [1.807, 2.05) is 0 Å². The van der Waals surface area contributed by atoms with Crippen LogP contribution in [0.4, 0.5) is 18.9 Å². The number of carbonyl (C=O) groups excluding carboxylic acids is 1. The molecule has 0 unspecified atom stereocenters. The summed E-state index contributed by atoms with van der Waals surface area (Å²) < 4.78 is 44.8. The van der Waals surface area contributed by atoms with Crippen molar-refractivity contribution in [1.29, 1.82) is 5.26 Å². The van der Waals surface area contributed by atoms with E-state index in [2.05, 4.69) is 25.5 Å². The molecule has 9 nitrogen and oxygen atoms in total. The number of alkyl halides is 3. The van der Waals surface area contributed by atoms with Crippen molar-refractivity contribution in [3.05, 3.63) is 92.9 Å². The van der Waals surface area contributed by atoms with Crippen LogP contribution in [0.3, 0.4) is 0 Å². The Labute approximate surface area is 211 Å². The van der Waals surface area contributed by atoms with E-state index < -0.39 is 23.5 Å². The quantitative estimate of drug-likeness (QED) is 0.321. The van der Waals surface area contributed by atoms with Crippen LogP contribution < -0.4 is 15.7 Å². The van der Waals surface area contributed by atoms with Crippen LogP contribution in [0.15, 0.2) is 59.5 Å². The smallest absolute Gasteiger partial charge is 0.433 e. The van der Waals surface area contributed by atoms with Gasteiger partial charge in [0.15, 0.2) is 0 Å².